The molecule has 12 rings (SSSR count). The van der Waals surface area contributed by atoms with Gasteiger partial charge in [0.05, 0.1) is 130 Å². The van der Waals surface area contributed by atoms with Gasteiger partial charge < -0.3 is 18.9 Å². The van der Waals surface area contributed by atoms with Gasteiger partial charge in [0.25, 0.3) is 6.43 Å². The largest absolute Gasteiger partial charge is 0.457 e. The minimum absolute atomic E-state index is 0.0198. The predicted octanol–water partition coefficient (Wildman–Crippen LogP) is 12.4. The smallest absolute Gasteiger partial charge is 0.413 e. The van der Waals surface area contributed by atoms with Crippen LogP contribution < -0.4 is 24.2 Å². The summed E-state index contributed by atoms with van der Waals surface area (Å²) in [4.78, 5) is 67.4. The maximum atomic E-state index is 13.4. The topological polar surface area (TPSA) is 500 Å². The molecule has 1 amide bonds. The lowest BCUT2D eigenvalue weighted by Crippen LogP contribution is -2.23. The van der Waals surface area contributed by atoms with Gasteiger partial charge in [-0.05, 0) is 113 Å². The molecule has 0 unspecified atom stereocenters. The highest BCUT2D eigenvalue weighted by Gasteiger charge is 2.30. The summed E-state index contributed by atoms with van der Waals surface area (Å²) in [7, 11) is -9.32. The highest BCUT2D eigenvalue weighted by atomic mass is 35.5. The maximum Gasteiger partial charge on any atom is 0.413 e. The Balaban J connectivity index is 0.000000191. The lowest BCUT2D eigenvalue weighted by Gasteiger charge is -2.18. The van der Waals surface area contributed by atoms with Gasteiger partial charge in [-0.1, -0.05) is 148 Å². The Hall–Kier alpha value is -13.1. The van der Waals surface area contributed by atoms with Gasteiger partial charge in [0.2, 0.25) is 40.1 Å². The number of halogens is 5. The van der Waals surface area contributed by atoms with Gasteiger partial charge in [-0.2, -0.15) is 5.26 Å². The van der Waals surface area contributed by atoms with Crippen molar-refractivity contribution in [3.63, 3.8) is 0 Å². The van der Waals surface area contributed by atoms with E-state index in [-0.39, 0.29) is 47.7 Å². The molecule has 0 radical (unpaired) electrons. The Morgan fingerprint density at radius 1 is 0.472 bits per heavy atom. The Morgan fingerprint density at radius 3 is 1.25 bits per heavy atom. The van der Waals surface area contributed by atoms with Crippen molar-refractivity contribution in [3.05, 3.63) is 230 Å². The number of rotatable bonds is 31. The van der Waals surface area contributed by atoms with Crippen LogP contribution in [0.2, 0.25) is 15.1 Å². The first-order chi connectivity index (χ1) is 60.0. The highest BCUT2D eigenvalue weighted by molar-refractivity contribution is 7.93. The predicted molar refractivity (Wildman–Crippen MR) is 468 cm³/mol. The van der Waals surface area contributed by atoms with E-state index in [1.165, 1.54) is 63.8 Å². The molecule has 4 atom stereocenters. The average molecular weight is 1880 g/mol. The van der Waals surface area contributed by atoms with E-state index >= 15 is 0 Å². The first-order valence-corrected chi connectivity index (χ1v) is 46.3. The zero-order valence-electron chi connectivity index (χ0n) is 69.9. The molecule has 670 valence electrons. The second-order valence-electron chi connectivity index (χ2n) is 27.9. The van der Waals surface area contributed by atoms with Gasteiger partial charge in [-0.15, -0.1) is 20.4 Å². The van der Waals surface area contributed by atoms with Gasteiger partial charge in [0.1, 0.15) is 35.4 Å². The van der Waals surface area contributed by atoms with Crippen LogP contribution in [0.15, 0.2) is 164 Å². The van der Waals surface area contributed by atoms with Crippen molar-refractivity contribution in [2.45, 2.75) is 105 Å². The molecule has 0 aliphatic rings. The second kappa shape index (κ2) is 43.7. The van der Waals surface area contributed by atoms with Crippen LogP contribution in [-0.4, -0.2) is 169 Å². The fourth-order valence-corrected chi connectivity index (χ4v) is 15.3. The van der Waals surface area contributed by atoms with E-state index in [2.05, 4.69) is 85.4 Å². The number of carbonyl (C=O) groups excluding carboxylic acids is 4. The number of amides is 1. The standard InChI is InChI=1S/C22H26ClN5O4S.C20H22ClN5O4S.C19H20ClN5O4S.C19H17F2N7O4S/c1-5-12-28-20(13-21(29)32-15(3)16-8-6-7-9-17(16)23)22(25-27-28)19-11-10-18(14(2)24-19)26-33(4,30)31;1-12-16(24-31(4,28)29)9-10-17(22-12)20-18(26(3)25-23-20)11-19(27)30-13(2)14-7-5-6-8-15(14)21;1-12(14-6-4-5-7-15(14)20)29-18(26)10-17-19(22-24-25(17)2)16-9-8-13(11-21-16)23-30(3,27)28;1-28-18(24-19(29)32-16(17(20)21)12-5-3-2-4-6-12)15(25-27-28)14-8-7-13(11-23-14)26-33(30,31)10-9-22/h6-11,15,26H,5,12-13H2,1-4H3;5-10,13,24H,11H2,1-4H3;4-9,11-12,23H,10H2,1-3H3;2-8,11,16-17,26H,10H2,1H3,(H,24,29)/t15-;13-;12-;16-/m1110/s1. The summed E-state index contributed by atoms with van der Waals surface area (Å²) < 4.78 is 156. The number of alkyl halides is 2. The Bertz CT molecular complexity index is 6450. The number of ether oxygens (including phenoxy) is 4. The lowest BCUT2D eigenvalue weighted by atomic mass is 10.1. The minimum Gasteiger partial charge on any atom is -0.457 e. The third kappa shape index (κ3) is 28.5. The van der Waals surface area contributed by atoms with E-state index in [0.717, 1.165) is 30.8 Å². The van der Waals surface area contributed by atoms with E-state index in [4.69, 9.17) is 59.0 Å². The zero-order valence-corrected chi connectivity index (χ0v) is 75.4. The van der Waals surface area contributed by atoms with Crippen molar-refractivity contribution in [3.8, 4) is 51.6 Å². The van der Waals surface area contributed by atoms with Crippen LogP contribution in [0.1, 0.15) is 109 Å². The van der Waals surface area contributed by atoms with Gasteiger partial charge in [0, 0.05) is 59.4 Å². The number of sulfonamides is 4. The van der Waals surface area contributed by atoms with E-state index in [1.54, 1.807) is 150 Å². The summed E-state index contributed by atoms with van der Waals surface area (Å²) in [6.45, 7) is 11.2. The molecular weight excluding hydrogens is 1800 g/mol. The number of pyridine rings is 4. The fraction of sp³-hybridized carbons (Fsp3) is 0.287. The van der Waals surface area contributed by atoms with Crippen molar-refractivity contribution in [2.75, 3.05) is 48.7 Å². The second-order valence-corrected chi connectivity index (χ2v) is 36.1. The molecule has 0 spiro atoms. The Morgan fingerprint density at radius 2 is 0.850 bits per heavy atom. The first-order valence-electron chi connectivity index (χ1n) is 37.9. The van der Waals surface area contributed by atoms with Crippen LogP contribution in [0.3, 0.4) is 0 Å². The normalized spacial score (nSPS) is 12.3. The van der Waals surface area contributed by atoms with Crippen LogP contribution in [0.5, 0.6) is 0 Å². The molecule has 8 aromatic heterocycles. The third-order valence-electron chi connectivity index (χ3n) is 17.8. The maximum absolute atomic E-state index is 13.4. The molecular formula is C80H85Cl3F2N22O16S4. The van der Waals surface area contributed by atoms with Gasteiger partial charge in [-0.25, -0.2) is 66.6 Å². The molecule has 0 saturated carbocycles. The number of aryl methyl sites for hydroxylation is 6. The molecule has 5 N–H and O–H groups in total. The summed E-state index contributed by atoms with van der Waals surface area (Å²) in [5, 5.41) is 44.7. The van der Waals surface area contributed by atoms with Gasteiger partial charge >= 0.3 is 24.0 Å². The number of esters is 3. The molecule has 0 aliphatic heterocycles. The SMILES string of the molecule is CCCn1nnc(-c2ccc(NS(C)(=O)=O)c(C)n2)c1CC(=O)O[C@H](C)c1ccccc1Cl.C[C@@H](OC(=O)Cc1c(-c2ccc(NS(C)(=O)=O)cn2)nnn1C)c1ccccc1Cl.Cc1nc(-c2nnn(C)c2CC(=O)O[C@H](C)c2ccccc2Cl)ccc1NS(C)(=O)=O.Cn1nnc(-c2ccc(NS(=O)(=O)CC#N)cn2)c1NC(=O)O[C@@H](c1ccccc1)C(F)F. The highest BCUT2D eigenvalue weighted by Crippen LogP contribution is 2.34. The summed E-state index contributed by atoms with van der Waals surface area (Å²) in [6.07, 6.45) is -1.11. The number of nitriles is 1. The van der Waals surface area contributed by atoms with Gasteiger partial charge in [0.15, 0.2) is 23.4 Å². The average Bonchev–Trinajstić information content (AvgIpc) is 1.74. The van der Waals surface area contributed by atoms with Crippen molar-refractivity contribution in [1.82, 2.24) is 79.9 Å². The van der Waals surface area contributed by atoms with Crippen molar-refractivity contribution >= 4 is 127 Å². The molecule has 12 aromatic rings. The molecule has 4 aromatic carbocycles. The summed E-state index contributed by atoms with van der Waals surface area (Å²) in [5.74, 6) is -2.09. The number of benzene rings is 4. The van der Waals surface area contributed by atoms with Crippen LogP contribution >= 0.6 is 34.8 Å². The van der Waals surface area contributed by atoms with E-state index in [0.29, 0.717) is 112 Å². The number of hydrogen-bond donors (Lipinski definition) is 5. The number of anilines is 5. The molecule has 0 bridgehead atoms. The summed E-state index contributed by atoms with van der Waals surface area (Å²) in [5.41, 5.74) is 8.95. The van der Waals surface area contributed by atoms with Crippen LogP contribution in [0, 0.1) is 25.2 Å². The van der Waals surface area contributed by atoms with Crippen LogP contribution in [-0.2, 0) is 120 Å². The van der Waals surface area contributed by atoms with E-state index < -0.39 is 101 Å². The molecule has 38 nitrogen and oxygen atoms in total. The lowest BCUT2D eigenvalue weighted by molar-refractivity contribution is -0.148. The van der Waals surface area contributed by atoms with E-state index in [9.17, 15) is 61.6 Å². The number of nitrogens with one attached hydrogen (secondary N) is 5. The number of carbonyl (C=O) groups is 4. The Kier molecular flexibility index (Phi) is 33.6. The molecule has 47 heteroatoms. The quantitative estimate of drug-likeness (QED) is 0.0199. The Labute approximate surface area is 744 Å². The minimum atomic E-state index is -3.84. The summed E-state index contributed by atoms with van der Waals surface area (Å²) in [6, 6.07) is 43.0. The van der Waals surface area contributed by atoms with Crippen molar-refractivity contribution < 1.29 is 80.6 Å². The van der Waals surface area contributed by atoms with Crippen molar-refractivity contribution in [2.24, 2.45) is 21.1 Å². The number of aromatic nitrogens is 16. The molecule has 127 heavy (non-hydrogen) atoms. The van der Waals surface area contributed by atoms with E-state index in [1.807, 2.05) is 37.3 Å². The monoisotopic (exact) mass is 1880 g/mol. The molecule has 0 saturated heterocycles. The zero-order chi connectivity index (χ0) is 92.8. The first kappa shape index (κ1) is 97.7. The number of hydrogen-bond acceptors (Lipinski definition) is 29. The fourth-order valence-electron chi connectivity index (χ4n) is 11.9. The van der Waals surface area contributed by atoms with Crippen LogP contribution in [0.4, 0.5) is 42.1 Å². The number of nitrogens with zero attached hydrogens (tertiary/aromatic N) is 17. The molecule has 0 fully saturated rings. The van der Waals surface area contributed by atoms with Crippen LogP contribution in [0.25, 0.3) is 45.6 Å². The van der Waals surface area contributed by atoms with Gasteiger partial charge in [-0.3, -0.25) is 57.9 Å². The summed E-state index contributed by atoms with van der Waals surface area (Å²) >= 11 is 18.6. The molecule has 8 heterocycles. The molecule has 0 aliphatic carbocycles. The third-order valence-corrected chi connectivity index (χ3v) is 21.7. The van der Waals surface area contributed by atoms with Crippen molar-refractivity contribution in [1.29, 1.82) is 5.26 Å².